The van der Waals surface area contributed by atoms with Gasteiger partial charge in [-0.2, -0.15) is 0 Å². The first-order valence-corrected chi connectivity index (χ1v) is 6.74. The van der Waals surface area contributed by atoms with Crippen molar-refractivity contribution in [3.8, 4) is 0 Å². The van der Waals surface area contributed by atoms with Gasteiger partial charge in [-0.1, -0.05) is 0 Å². The van der Waals surface area contributed by atoms with Gasteiger partial charge in [-0.3, -0.25) is 4.79 Å². The summed E-state index contributed by atoms with van der Waals surface area (Å²) in [6.07, 6.45) is 7.80. The summed E-state index contributed by atoms with van der Waals surface area (Å²) in [6, 6.07) is 0.405. The van der Waals surface area contributed by atoms with Crippen LogP contribution in [0.15, 0.2) is 17.2 Å². The Kier molecular flexibility index (Phi) is 2.86. The zero-order valence-corrected chi connectivity index (χ0v) is 10.8. The van der Waals surface area contributed by atoms with Crippen molar-refractivity contribution < 1.29 is 0 Å². The third-order valence-electron chi connectivity index (χ3n) is 3.94. The Morgan fingerprint density at radius 2 is 2.17 bits per heavy atom. The summed E-state index contributed by atoms with van der Waals surface area (Å²) in [4.78, 5) is 16.5. The van der Waals surface area contributed by atoms with Crippen molar-refractivity contribution in [2.24, 2.45) is 0 Å². The molecule has 2 N–H and O–H groups in total. The number of nitrogens with zero attached hydrogens (tertiary/aromatic N) is 2. The molecule has 5 heteroatoms. The lowest BCUT2D eigenvalue weighted by molar-refractivity contribution is 0.363. The Balaban J connectivity index is 1.83. The number of anilines is 1. The van der Waals surface area contributed by atoms with Gasteiger partial charge in [0.25, 0.3) is 5.56 Å². The van der Waals surface area contributed by atoms with Crippen molar-refractivity contribution in [2.75, 3.05) is 18.4 Å². The molecule has 1 aromatic heterocycles. The molecule has 0 bridgehead atoms. The Morgan fingerprint density at radius 1 is 1.44 bits per heavy atom. The van der Waals surface area contributed by atoms with E-state index < -0.39 is 0 Å². The predicted octanol–water partition coefficient (Wildman–Crippen LogP) is 1.13. The molecule has 1 saturated carbocycles. The maximum atomic E-state index is 12.3. The van der Waals surface area contributed by atoms with E-state index in [0.717, 1.165) is 38.8 Å². The van der Waals surface area contributed by atoms with Crippen molar-refractivity contribution in [3.05, 3.63) is 22.7 Å². The van der Waals surface area contributed by atoms with Crippen LogP contribution in [0.2, 0.25) is 0 Å². The third kappa shape index (κ3) is 2.27. The quantitative estimate of drug-likeness (QED) is 0.842. The van der Waals surface area contributed by atoms with Crippen LogP contribution in [-0.4, -0.2) is 28.2 Å². The summed E-state index contributed by atoms with van der Waals surface area (Å²) in [7, 11) is 0. The lowest BCUT2D eigenvalue weighted by Crippen LogP contribution is -2.46. The van der Waals surface area contributed by atoms with Crippen LogP contribution in [0.1, 0.15) is 38.6 Å². The highest BCUT2D eigenvalue weighted by Gasteiger charge is 2.29. The second-order valence-electron chi connectivity index (χ2n) is 5.66. The average molecular weight is 248 g/mol. The van der Waals surface area contributed by atoms with Crippen molar-refractivity contribution in [3.63, 3.8) is 0 Å². The van der Waals surface area contributed by atoms with E-state index in [9.17, 15) is 4.79 Å². The van der Waals surface area contributed by atoms with Gasteiger partial charge in [0.1, 0.15) is 0 Å². The molecule has 5 nitrogen and oxygen atoms in total. The second-order valence-corrected chi connectivity index (χ2v) is 5.66. The van der Waals surface area contributed by atoms with Crippen molar-refractivity contribution in [1.29, 1.82) is 0 Å². The van der Waals surface area contributed by atoms with E-state index in [1.807, 2.05) is 4.57 Å². The van der Waals surface area contributed by atoms with E-state index in [0.29, 0.717) is 11.9 Å². The van der Waals surface area contributed by atoms with Crippen LogP contribution in [0, 0.1) is 0 Å². The standard InChI is InChI=1S/C13H20N4O/c1-13(4-6-14-7-5-13)16-11-12(18)17(9-8-15-11)10-2-3-10/h8-10,14H,2-7H2,1H3,(H,15,16). The summed E-state index contributed by atoms with van der Waals surface area (Å²) < 4.78 is 1.82. The number of piperidine rings is 1. The summed E-state index contributed by atoms with van der Waals surface area (Å²) in [5.74, 6) is 0.508. The highest BCUT2D eigenvalue weighted by atomic mass is 16.1. The zero-order chi connectivity index (χ0) is 12.6. The monoisotopic (exact) mass is 248 g/mol. The van der Waals surface area contributed by atoms with E-state index in [-0.39, 0.29) is 11.1 Å². The van der Waals surface area contributed by atoms with Crippen LogP contribution in [0.5, 0.6) is 0 Å². The van der Waals surface area contributed by atoms with E-state index in [2.05, 4.69) is 22.5 Å². The van der Waals surface area contributed by atoms with Crippen LogP contribution in [0.3, 0.4) is 0 Å². The second kappa shape index (κ2) is 4.39. The molecule has 1 aliphatic carbocycles. The first-order chi connectivity index (χ1) is 8.68. The molecule has 0 aromatic carbocycles. The van der Waals surface area contributed by atoms with E-state index >= 15 is 0 Å². The topological polar surface area (TPSA) is 59.0 Å². The fourth-order valence-corrected chi connectivity index (χ4v) is 2.54. The first kappa shape index (κ1) is 11.7. The molecule has 2 fully saturated rings. The maximum Gasteiger partial charge on any atom is 0.293 e. The highest BCUT2D eigenvalue weighted by molar-refractivity contribution is 5.35. The van der Waals surface area contributed by atoms with Gasteiger partial charge in [0.15, 0.2) is 5.82 Å². The largest absolute Gasteiger partial charge is 0.360 e. The molecular weight excluding hydrogens is 228 g/mol. The third-order valence-corrected chi connectivity index (χ3v) is 3.94. The van der Waals surface area contributed by atoms with Crippen molar-refractivity contribution in [2.45, 2.75) is 44.2 Å². The van der Waals surface area contributed by atoms with Crippen LogP contribution in [-0.2, 0) is 0 Å². The lowest BCUT2D eigenvalue weighted by atomic mass is 9.91. The van der Waals surface area contributed by atoms with E-state index in [1.54, 1.807) is 12.4 Å². The summed E-state index contributed by atoms with van der Waals surface area (Å²) >= 11 is 0. The highest BCUT2D eigenvalue weighted by Crippen LogP contribution is 2.33. The number of hydrogen-bond acceptors (Lipinski definition) is 4. The smallest absolute Gasteiger partial charge is 0.293 e. The maximum absolute atomic E-state index is 12.3. The normalized spacial score (nSPS) is 22.7. The van der Waals surface area contributed by atoms with Crippen LogP contribution >= 0.6 is 0 Å². The van der Waals surface area contributed by atoms with Gasteiger partial charge in [0.05, 0.1) is 0 Å². The molecule has 98 valence electrons. The Labute approximate surface area is 107 Å². The van der Waals surface area contributed by atoms with E-state index in [1.165, 1.54) is 0 Å². The average Bonchev–Trinajstić information content (AvgIpc) is 3.17. The van der Waals surface area contributed by atoms with Gasteiger partial charge >= 0.3 is 0 Å². The number of rotatable bonds is 3. The minimum Gasteiger partial charge on any atom is -0.360 e. The number of aromatic nitrogens is 2. The molecule has 0 unspecified atom stereocenters. The van der Waals surface area contributed by atoms with Gasteiger partial charge in [0.2, 0.25) is 0 Å². The molecule has 0 spiro atoms. The van der Waals surface area contributed by atoms with Gasteiger partial charge in [-0.25, -0.2) is 4.98 Å². The number of nitrogens with one attached hydrogen (secondary N) is 2. The molecule has 1 aromatic rings. The molecule has 0 amide bonds. The van der Waals surface area contributed by atoms with Crippen molar-refractivity contribution in [1.82, 2.24) is 14.9 Å². The fourth-order valence-electron chi connectivity index (χ4n) is 2.54. The predicted molar refractivity (Wildman–Crippen MR) is 70.9 cm³/mol. The molecule has 3 rings (SSSR count). The fraction of sp³-hybridized carbons (Fsp3) is 0.692. The molecule has 0 radical (unpaired) electrons. The molecular formula is C13H20N4O. The number of hydrogen-bond donors (Lipinski definition) is 2. The molecule has 1 aliphatic heterocycles. The Morgan fingerprint density at radius 3 is 2.83 bits per heavy atom. The SMILES string of the molecule is CC1(Nc2nccn(C3CC3)c2=O)CCNCC1. The minimum atomic E-state index is -0.0137. The Bertz CT molecular complexity index is 486. The molecule has 1 saturated heterocycles. The Hall–Kier alpha value is -1.36. The van der Waals surface area contributed by atoms with Crippen LogP contribution < -0.4 is 16.2 Å². The molecule has 2 heterocycles. The summed E-state index contributed by atoms with van der Waals surface area (Å²) in [6.45, 7) is 4.16. The van der Waals surface area contributed by atoms with Gasteiger partial charge in [-0.05, 0) is 45.7 Å². The summed E-state index contributed by atoms with van der Waals surface area (Å²) in [5.41, 5.74) is 0.0138. The van der Waals surface area contributed by atoms with Crippen LogP contribution in [0.4, 0.5) is 5.82 Å². The molecule has 18 heavy (non-hydrogen) atoms. The van der Waals surface area contributed by atoms with Gasteiger partial charge < -0.3 is 15.2 Å². The zero-order valence-electron chi connectivity index (χ0n) is 10.8. The molecule has 2 aliphatic rings. The van der Waals surface area contributed by atoms with Gasteiger partial charge in [0, 0.05) is 24.0 Å². The van der Waals surface area contributed by atoms with Crippen LogP contribution in [0.25, 0.3) is 0 Å². The van der Waals surface area contributed by atoms with Crippen molar-refractivity contribution >= 4 is 5.82 Å². The summed E-state index contributed by atoms with van der Waals surface area (Å²) in [5, 5.41) is 6.70. The minimum absolute atomic E-state index is 0.0137. The molecule has 0 atom stereocenters. The van der Waals surface area contributed by atoms with E-state index in [4.69, 9.17) is 0 Å². The van der Waals surface area contributed by atoms with Gasteiger partial charge in [-0.15, -0.1) is 0 Å². The first-order valence-electron chi connectivity index (χ1n) is 6.74. The lowest BCUT2D eigenvalue weighted by Gasteiger charge is -2.35.